The highest BCUT2D eigenvalue weighted by atomic mass is 127. The second-order valence-corrected chi connectivity index (χ2v) is 8.62. The minimum Gasteiger partial charge on any atom is -0.489 e. The lowest BCUT2D eigenvalue weighted by Crippen LogP contribution is -2.36. The van der Waals surface area contributed by atoms with Gasteiger partial charge in [0.1, 0.15) is 21.7 Å². The standard InChI is InChI=1S/C20H24IN5O4/c1-20(2,3)30-19(27)26(4)6-7-29-16-11-23-17(28-5)9-12(16)14-8-13-15(10-22-14)24-25-18(13)21/h8-11H,6-7H2,1-5H3,(H,24,25). The molecule has 3 aromatic rings. The molecule has 0 saturated carbocycles. The second-order valence-electron chi connectivity index (χ2n) is 7.60. The maximum absolute atomic E-state index is 12.1. The van der Waals surface area contributed by atoms with Crippen LogP contribution in [-0.4, -0.2) is 64.1 Å². The van der Waals surface area contributed by atoms with E-state index in [1.165, 1.54) is 4.90 Å². The quantitative estimate of drug-likeness (QED) is 0.488. The number of ether oxygens (including phenoxy) is 3. The van der Waals surface area contributed by atoms with E-state index < -0.39 is 11.7 Å². The van der Waals surface area contributed by atoms with Gasteiger partial charge in [0.15, 0.2) is 0 Å². The molecule has 160 valence electrons. The molecular weight excluding hydrogens is 501 g/mol. The fourth-order valence-electron chi connectivity index (χ4n) is 2.61. The number of carbonyl (C=O) groups excluding carboxylic acids is 1. The van der Waals surface area contributed by atoms with E-state index in [4.69, 9.17) is 14.2 Å². The van der Waals surface area contributed by atoms with Crippen molar-refractivity contribution in [1.29, 1.82) is 0 Å². The van der Waals surface area contributed by atoms with E-state index in [-0.39, 0.29) is 6.61 Å². The minimum atomic E-state index is -0.547. The fraction of sp³-hybridized carbons (Fsp3) is 0.400. The molecule has 3 heterocycles. The van der Waals surface area contributed by atoms with Gasteiger partial charge in [-0.1, -0.05) is 0 Å². The number of aromatic amines is 1. The van der Waals surface area contributed by atoms with Gasteiger partial charge in [-0.05, 0) is 49.4 Å². The molecule has 0 unspecified atom stereocenters. The summed E-state index contributed by atoms with van der Waals surface area (Å²) in [4.78, 5) is 22.3. The number of H-pyrrole nitrogens is 1. The lowest BCUT2D eigenvalue weighted by molar-refractivity contribution is 0.0278. The van der Waals surface area contributed by atoms with Crippen LogP contribution in [0.15, 0.2) is 24.5 Å². The topological polar surface area (TPSA) is 102 Å². The first-order chi connectivity index (χ1) is 14.2. The number of methoxy groups -OCH3 is 1. The van der Waals surface area contributed by atoms with Gasteiger partial charge in [-0.15, -0.1) is 0 Å². The monoisotopic (exact) mass is 525 g/mol. The van der Waals surface area contributed by atoms with Crippen molar-refractivity contribution in [1.82, 2.24) is 25.1 Å². The maximum atomic E-state index is 12.1. The summed E-state index contributed by atoms with van der Waals surface area (Å²) in [5.41, 5.74) is 1.75. The number of nitrogens with zero attached hydrogens (tertiary/aromatic N) is 4. The highest BCUT2D eigenvalue weighted by Gasteiger charge is 2.20. The number of carbonyl (C=O) groups is 1. The Balaban J connectivity index is 1.78. The van der Waals surface area contributed by atoms with Crippen LogP contribution in [0.4, 0.5) is 4.79 Å². The van der Waals surface area contributed by atoms with Gasteiger partial charge in [0.05, 0.1) is 37.3 Å². The molecular formula is C20H24IN5O4. The zero-order valence-corrected chi connectivity index (χ0v) is 19.7. The average molecular weight is 525 g/mol. The number of pyridine rings is 2. The molecule has 0 aliphatic rings. The Labute approximate surface area is 188 Å². The first-order valence-electron chi connectivity index (χ1n) is 9.29. The van der Waals surface area contributed by atoms with Gasteiger partial charge in [-0.2, -0.15) is 5.10 Å². The number of amides is 1. The molecule has 10 heteroatoms. The van der Waals surface area contributed by atoms with E-state index in [1.54, 1.807) is 32.6 Å². The van der Waals surface area contributed by atoms with Gasteiger partial charge in [0.2, 0.25) is 5.88 Å². The molecule has 3 rings (SSSR count). The first kappa shape index (κ1) is 22.1. The Morgan fingerprint density at radius 1 is 1.23 bits per heavy atom. The number of rotatable bonds is 6. The molecule has 0 radical (unpaired) electrons. The molecule has 1 amide bonds. The number of likely N-dealkylation sites (N-methyl/N-ethyl adjacent to an activating group) is 1. The van der Waals surface area contributed by atoms with Gasteiger partial charge in [0, 0.05) is 24.1 Å². The molecule has 1 N–H and O–H groups in total. The molecule has 0 spiro atoms. The molecule has 0 bridgehead atoms. The highest BCUT2D eigenvalue weighted by molar-refractivity contribution is 14.1. The van der Waals surface area contributed by atoms with Crippen LogP contribution in [0, 0.1) is 3.70 Å². The molecule has 0 aromatic carbocycles. The third kappa shape index (κ3) is 5.29. The average Bonchev–Trinajstić information content (AvgIpc) is 3.07. The van der Waals surface area contributed by atoms with Crippen molar-refractivity contribution in [3.63, 3.8) is 0 Å². The van der Waals surface area contributed by atoms with Crippen LogP contribution >= 0.6 is 22.6 Å². The number of hydrogen-bond donors (Lipinski definition) is 1. The predicted octanol–water partition coefficient (Wildman–Crippen LogP) is 3.88. The van der Waals surface area contributed by atoms with Crippen LogP contribution in [0.3, 0.4) is 0 Å². The van der Waals surface area contributed by atoms with E-state index in [2.05, 4.69) is 42.8 Å². The molecule has 30 heavy (non-hydrogen) atoms. The summed E-state index contributed by atoms with van der Waals surface area (Å²) in [5, 5.41) is 8.11. The minimum absolute atomic E-state index is 0.266. The van der Waals surface area contributed by atoms with Crippen LogP contribution in [0.25, 0.3) is 22.2 Å². The molecule has 9 nitrogen and oxygen atoms in total. The number of halogens is 1. The highest BCUT2D eigenvalue weighted by Crippen LogP contribution is 2.32. The van der Waals surface area contributed by atoms with Crippen LogP contribution in [0.1, 0.15) is 20.8 Å². The molecule has 0 atom stereocenters. The van der Waals surface area contributed by atoms with Crippen molar-refractivity contribution >= 4 is 39.6 Å². The maximum Gasteiger partial charge on any atom is 0.410 e. The third-order valence-electron chi connectivity index (χ3n) is 4.12. The Bertz CT molecular complexity index is 1050. The van der Waals surface area contributed by atoms with Crippen molar-refractivity contribution < 1.29 is 19.0 Å². The van der Waals surface area contributed by atoms with Crippen molar-refractivity contribution in [2.75, 3.05) is 27.3 Å². The van der Waals surface area contributed by atoms with Gasteiger partial charge >= 0.3 is 6.09 Å². The van der Waals surface area contributed by atoms with E-state index >= 15 is 0 Å². The molecule has 3 aromatic heterocycles. The zero-order chi connectivity index (χ0) is 21.9. The van der Waals surface area contributed by atoms with Crippen molar-refractivity contribution in [3.8, 4) is 22.9 Å². The largest absolute Gasteiger partial charge is 0.489 e. The Kier molecular flexibility index (Phi) is 6.64. The number of hydrogen-bond acceptors (Lipinski definition) is 7. The third-order valence-corrected chi connectivity index (χ3v) is 4.94. The van der Waals surface area contributed by atoms with Gasteiger partial charge < -0.3 is 19.1 Å². The van der Waals surface area contributed by atoms with Gasteiger partial charge in [-0.25, -0.2) is 9.78 Å². The second kappa shape index (κ2) is 9.02. The van der Waals surface area contributed by atoms with Crippen molar-refractivity contribution in [2.24, 2.45) is 0 Å². The van der Waals surface area contributed by atoms with Crippen molar-refractivity contribution in [3.05, 3.63) is 28.2 Å². The Hall–Kier alpha value is -2.63. The van der Waals surface area contributed by atoms with E-state index in [0.29, 0.717) is 23.9 Å². The fourth-order valence-corrected chi connectivity index (χ4v) is 3.17. The molecule has 0 aliphatic carbocycles. The molecule has 0 saturated heterocycles. The van der Waals surface area contributed by atoms with Crippen LogP contribution in [-0.2, 0) is 4.74 Å². The lowest BCUT2D eigenvalue weighted by Gasteiger charge is -2.24. The molecule has 0 fully saturated rings. The summed E-state index contributed by atoms with van der Waals surface area (Å²) in [6.45, 7) is 6.11. The summed E-state index contributed by atoms with van der Waals surface area (Å²) in [5.74, 6) is 0.991. The van der Waals surface area contributed by atoms with Crippen LogP contribution in [0.5, 0.6) is 11.6 Å². The summed E-state index contributed by atoms with van der Waals surface area (Å²) in [6.07, 6.45) is 2.92. The summed E-state index contributed by atoms with van der Waals surface area (Å²) >= 11 is 2.17. The van der Waals surface area contributed by atoms with Crippen LogP contribution in [0.2, 0.25) is 0 Å². The lowest BCUT2D eigenvalue weighted by atomic mass is 10.1. The number of fused-ring (bicyclic) bond motifs is 1. The Morgan fingerprint density at radius 3 is 2.70 bits per heavy atom. The van der Waals surface area contributed by atoms with E-state index in [9.17, 15) is 4.79 Å². The smallest absolute Gasteiger partial charge is 0.410 e. The Morgan fingerprint density at radius 2 is 2.00 bits per heavy atom. The van der Waals surface area contributed by atoms with Gasteiger partial charge in [0.25, 0.3) is 0 Å². The van der Waals surface area contributed by atoms with E-state index in [0.717, 1.165) is 20.2 Å². The SMILES string of the molecule is COc1cc(-c2cc3c(I)n[nH]c3cn2)c(OCCN(C)C(=O)OC(C)(C)C)cn1. The number of aromatic nitrogens is 4. The normalized spacial score (nSPS) is 11.4. The van der Waals surface area contributed by atoms with Crippen LogP contribution < -0.4 is 9.47 Å². The summed E-state index contributed by atoms with van der Waals surface area (Å²) in [6, 6.07) is 3.71. The zero-order valence-electron chi connectivity index (χ0n) is 17.5. The summed E-state index contributed by atoms with van der Waals surface area (Å²) in [7, 11) is 3.22. The van der Waals surface area contributed by atoms with Crippen molar-refractivity contribution in [2.45, 2.75) is 26.4 Å². The number of nitrogens with one attached hydrogen (secondary N) is 1. The predicted molar refractivity (Wildman–Crippen MR) is 121 cm³/mol. The van der Waals surface area contributed by atoms with Gasteiger partial charge in [-0.3, -0.25) is 10.1 Å². The summed E-state index contributed by atoms with van der Waals surface area (Å²) < 4.78 is 17.4. The van der Waals surface area contributed by atoms with E-state index in [1.807, 2.05) is 26.8 Å². The first-order valence-corrected chi connectivity index (χ1v) is 10.4. The molecule has 0 aliphatic heterocycles.